The highest BCUT2D eigenvalue weighted by molar-refractivity contribution is 5.37. The molecule has 0 saturated heterocycles. The molecular formula is C16H22FN3O. The fraction of sp³-hybridized carbons (Fsp3) is 0.438. The molecule has 1 atom stereocenters. The van der Waals surface area contributed by atoms with Crippen LogP contribution >= 0.6 is 0 Å². The van der Waals surface area contributed by atoms with Gasteiger partial charge in [0, 0.05) is 18.8 Å². The molecule has 1 aromatic heterocycles. The number of hydrogen-bond donors (Lipinski definition) is 1. The molecule has 4 nitrogen and oxygen atoms in total. The molecule has 114 valence electrons. The number of nitrogens with zero attached hydrogens (tertiary/aromatic N) is 2. The molecule has 0 aliphatic carbocycles. The predicted octanol–water partition coefficient (Wildman–Crippen LogP) is 2.83. The quantitative estimate of drug-likeness (QED) is 0.889. The van der Waals surface area contributed by atoms with Gasteiger partial charge in [0.2, 0.25) is 0 Å². The topological polar surface area (TPSA) is 39.1 Å². The first-order valence-electron chi connectivity index (χ1n) is 7.19. The van der Waals surface area contributed by atoms with Crippen LogP contribution < -0.4 is 10.1 Å². The lowest BCUT2D eigenvalue weighted by Gasteiger charge is -2.19. The molecular weight excluding hydrogens is 269 g/mol. The molecule has 1 unspecified atom stereocenters. The van der Waals surface area contributed by atoms with E-state index in [0.29, 0.717) is 0 Å². The van der Waals surface area contributed by atoms with E-state index in [2.05, 4.69) is 17.3 Å². The summed E-state index contributed by atoms with van der Waals surface area (Å²) in [6, 6.07) is 5.01. The van der Waals surface area contributed by atoms with E-state index in [1.165, 1.54) is 13.2 Å². The maximum absolute atomic E-state index is 14.0. The Morgan fingerprint density at radius 2 is 2.14 bits per heavy atom. The molecule has 0 spiro atoms. The molecule has 2 rings (SSSR count). The molecule has 0 radical (unpaired) electrons. The Balaban J connectivity index is 2.45. The second kappa shape index (κ2) is 6.72. The number of aromatic nitrogens is 2. The van der Waals surface area contributed by atoms with Crippen molar-refractivity contribution in [1.82, 2.24) is 15.1 Å². The Morgan fingerprint density at radius 3 is 2.71 bits per heavy atom. The van der Waals surface area contributed by atoms with E-state index in [9.17, 15) is 4.39 Å². The highest BCUT2D eigenvalue weighted by Crippen LogP contribution is 2.28. The molecule has 0 saturated carbocycles. The summed E-state index contributed by atoms with van der Waals surface area (Å²) >= 11 is 0. The van der Waals surface area contributed by atoms with Gasteiger partial charge in [0.1, 0.15) is 0 Å². The lowest BCUT2D eigenvalue weighted by atomic mass is 9.98. The lowest BCUT2D eigenvalue weighted by Crippen LogP contribution is -2.22. The molecule has 0 amide bonds. The summed E-state index contributed by atoms with van der Waals surface area (Å²) in [4.78, 5) is 0. The number of hydrogen-bond acceptors (Lipinski definition) is 3. The van der Waals surface area contributed by atoms with Gasteiger partial charge in [0.05, 0.1) is 18.8 Å². The zero-order valence-corrected chi connectivity index (χ0v) is 13.0. The Morgan fingerprint density at radius 1 is 1.38 bits per heavy atom. The zero-order valence-electron chi connectivity index (χ0n) is 13.0. The van der Waals surface area contributed by atoms with Crippen molar-refractivity contribution >= 4 is 0 Å². The minimum Gasteiger partial charge on any atom is -0.494 e. The second-order valence-corrected chi connectivity index (χ2v) is 4.94. The second-order valence-electron chi connectivity index (χ2n) is 4.94. The molecule has 0 fully saturated rings. The first kappa shape index (κ1) is 15.5. The van der Waals surface area contributed by atoms with Crippen molar-refractivity contribution in [2.45, 2.75) is 26.3 Å². The van der Waals surface area contributed by atoms with Crippen LogP contribution in [0.25, 0.3) is 0 Å². The van der Waals surface area contributed by atoms with Crippen LogP contribution in [-0.4, -0.2) is 23.4 Å². The van der Waals surface area contributed by atoms with Crippen molar-refractivity contribution in [1.29, 1.82) is 0 Å². The highest BCUT2D eigenvalue weighted by Gasteiger charge is 2.20. The predicted molar refractivity (Wildman–Crippen MR) is 81.1 cm³/mol. The monoisotopic (exact) mass is 291 g/mol. The zero-order chi connectivity index (χ0) is 15.4. The lowest BCUT2D eigenvalue weighted by molar-refractivity contribution is 0.385. The van der Waals surface area contributed by atoms with Crippen LogP contribution in [0.1, 0.15) is 36.7 Å². The summed E-state index contributed by atoms with van der Waals surface area (Å²) in [5.74, 6) is -0.0873. The van der Waals surface area contributed by atoms with E-state index in [1.807, 2.05) is 26.2 Å². The van der Waals surface area contributed by atoms with E-state index in [0.717, 1.165) is 29.8 Å². The van der Waals surface area contributed by atoms with Crippen LogP contribution in [-0.2, 0) is 13.5 Å². The molecule has 0 bridgehead atoms. The minimum atomic E-state index is -0.347. The number of methoxy groups -OCH3 is 1. The average Bonchev–Trinajstić information content (AvgIpc) is 2.85. The van der Waals surface area contributed by atoms with Gasteiger partial charge in [-0.15, -0.1) is 0 Å². The van der Waals surface area contributed by atoms with Gasteiger partial charge in [-0.05, 0) is 30.7 Å². The summed E-state index contributed by atoms with van der Waals surface area (Å²) in [5.41, 5.74) is 2.99. The maximum Gasteiger partial charge on any atom is 0.165 e. The Bertz CT molecular complexity index is 610. The van der Waals surface area contributed by atoms with Gasteiger partial charge in [-0.1, -0.05) is 19.9 Å². The Hall–Kier alpha value is -1.88. The van der Waals surface area contributed by atoms with Crippen molar-refractivity contribution in [3.8, 4) is 5.75 Å². The number of ether oxygens (including phenoxy) is 1. The molecule has 21 heavy (non-hydrogen) atoms. The Labute approximate surface area is 124 Å². The SMILES string of the molecule is CCNC(c1ccc(OC)c(F)c1)c1cn(C)nc1CC. The van der Waals surface area contributed by atoms with Gasteiger partial charge in [-0.3, -0.25) is 4.68 Å². The normalized spacial score (nSPS) is 12.4. The van der Waals surface area contributed by atoms with Crippen molar-refractivity contribution in [2.24, 2.45) is 7.05 Å². The summed E-state index contributed by atoms with van der Waals surface area (Å²) in [5, 5.41) is 7.88. The minimum absolute atomic E-state index is 0.0703. The third-order valence-electron chi connectivity index (χ3n) is 3.50. The summed E-state index contributed by atoms with van der Waals surface area (Å²) in [6.45, 7) is 4.90. The van der Waals surface area contributed by atoms with Crippen molar-refractivity contribution in [3.63, 3.8) is 0 Å². The molecule has 1 heterocycles. The number of nitrogens with one attached hydrogen (secondary N) is 1. The van der Waals surface area contributed by atoms with Gasteiger partial charge in [-0.25, -0.2) is 4.39 Å². The number of aryl methyl sites for hydroxylation is 2. The third kappa shape index (κ3) is 3.24. The highest BCUT2D eigenvalue weighted by atomic mass is 19.1. The van der Waals surface area contributed by atoms with Gasteiger partial charge in [-0.2, -0.15) is 5.10 Å². The molecule has 1 aromatic carbocycles. The van der Waals surface area contributed by atoms with E-state index >= 15 is 0 Å². The smallest absolute Gasteiger partial charge is 0.165 e. The number of rotatable bonds is 6. The molecule has 5 heteroatoms. The standard InChI is InChI=1S/C16H22FN3O/c1-5-14-12(10-20(3)19-14)16(18-6-2)11-7-8-15(21-4)13(17)9-11/h7-10,16,18H,5-6H2,1-4H3. The van der Waals surface area contributed by atoms with Crippen LogP contribution in [0.3, 0.4) is 0 Å². The fourth-order valence-electron chi connectivity index (χ4n) is 2.54. The van der Waals surface area contributed by atoms with Gasteiger partial charge in [0.25, 0.3) is 0 Å². The van der Waals surface area contributed by atoms with Crippen LogP contribution in [0, 0.1) is 5.82 Å². The van der Waals surface area contributed by atoms with Crippen LogP contribution in [0.2, 0.25) is 0 Å². The van der Waals surface area contributed by atoms with Crippen LogP contribution in [0.15, 0.2) is 24.4 Å². The van der Waals surface area contributed by atoms with Gasteiger partial charge in [0.15, 0.2) is 11.6 Å². The van der Waals surface area contributed by atoms with Gasteiger partial charge >= 0.3 is 0 Å². The van der Waals surface area contributed by atoms with Crippen molar-refractivity contribution in [2.75, 3.05) is 13.7 Å². The summed E-state index contributed by atoms with van der Waals surface area (Å²) in [6.07, 6.45) is 2.84. The summed E-state index contributed by atoms with van der Waals surface area (Å²) in [7, 11) is 3.37. The number of benzene rings is 1. The van der Waals surface area contributed by atoms with Crippen LogP contribution in [0.5, 0.6) is 5.75 Å². The average molecular weight is 291 g/mol. The largest absolute Gasteiger partial charge is 0.494 e. The molecule has 2 aromatic rings. The third-order valence-corrected chi connectivity index (χ3v) is 3.50. The molecule has 0 aliphatic rings. The fourth-order valence-corrected chi connectivity index (χ4v) is 2.54. The summed E-state index contributed by atoms with van der Waals surface area (Å²) < 4.78 is 20.8. The Kier molecular flexibility index (Phi) is 4.96. The maximum atomic E-state index is 14.0. The first-order chi connectivity index (χ1) is 10.1. The molecule has 1 N–H and O–H groups in total. The molecule has 0 aliphatic heterocycles. The van der Waals surface area contributed by atoms with E-state index < -0.39 is 0 Å². The first-order valence-corrected chi connectivity index (χ1v) is 7.19. The van der Waals surface area contributed by atoms with Crippen molar-refractivity contribution in [3.05, 3.63) is 47.0 Å². The number of halogens is 1. The van der Waals surface area contributed by atoms with E-state index in [4.69, 9.17) is 4.74 Å². The van der Waals surface area contributed by atoms with E-state index in [-0.39, 0.29) is 17.6 Å². The van der Waals surface area contributed by atoms with E-state index in [1.54, 1.807) is 10.7 Å². The van der Waals surface area contributed by atoms with Gasteiger partial charge < -0.3 is 10.1 Å². The van der Waals surface area contributed by atoms with Crippen molar-refractivity contribution < 1.29 is 9.13 Å². The van der Waals surface area contributed by atoms with Crippen LogP contribution in [0.4, 0.5) is 4.39 Å².